The van der Waals surface area contributed by atoms with E-state index in [4.69, 9.17) is 18.5 Å². The van der Waals surface area contributed by atoms with E-state index in [1.807, 2.05) is 21.1 Å². The Morgan fingerprint density at radius 1 is 0.556 bits per heavy atom. The summed E-state index contributed by atoms with van der Waals surface area (Å²) in [4.78, 5) is 35.3. The van der Waals surface area contributed by atoms with Crippen molar-refractivity contribution in [1.82, 2.24) is 0 Å². The van der Waals surface area contributed by atoms with Gasteiger partial charge in [0.1, 0.15) is 19.8 Å². The average molecular weight is 787 g/mol. The lowest BCUT2D eigenvalue weighted by atomic mass is 10.1. The number of unbranched alkanes of at least 4 members (excludes halogenated alkanes) is 22. The first kappa shape index (κ1) is 52.5. The van der Waals surface area contributed by atoms with Crippen LogP contribution in [0.2, 0.25) is 0 Å². The van der Waals surface area contributed by atoms with Gasteiger partial charge in [0.2, 0.25) is 0 Å². The van der Waals surface area contributed by atoms with Crippen LogP contribution >= 0.6 is 7.82 Å². The molecule has 0 spiro atoms. The molecule has 10 heteroatoms. The Balaban J connectivity index is 4.36. The highest BCUT2D eigenvalue weighted by Gasteiger charge is 2.27. The van der Waals surface area contributed by atoms with E-state index in [-0.39, 0.29) is 32.0 Å². The van der Waals surface area contributed by atoms with Crippen LogP contribution in [-0.4, -0.2) is 74.9 Å². The van der Waals surface area contributed by atoms with Crippen molar-refractivity contribution in [3.05, 3.63) is 24.3 Å². The van der Waals surface area contributed by atoms with Gasteiger partial charge in [0, 0.05) is 12.8 Å². The fourth-order valence-electron chi connectivity index (χ4n) is 5.93. The summed E-state index contributed by atoms with van der Waals surface area (Å²) in [5, 5.41) is 0. The third kappa shape index (κ3) is 40.2. The number of phosphoric ester groups is 1. The van der Waals surface area contributed by atoms with Gasteiger partial charge in [-0.05, 0) is 57.8 Å². The molecule has 0 rings (SSSR count). The summed E-state index contributed by atoms with van der Waals surface area (Å²) in [5.74, 6) is -0.807. The van der Waals surface area contributed by atoms with Crippen molar-refractivity contribution in [2.24, 2.45) is 0 Å². The average Bonchev–Trinajstić information content (AvgIpc) is 3.12. The number of esters is 2. The molecule has 0 saturated carbocycles. The van der Waals surface area contributed by atoms with Crippen molar-refractivity contribution in [1.29, 1.82) is 0 Å². The molecule has 0 amide bonds. The van der Waals surface area contributed by atoms with Gasteiger partial charge in [-0.15, -0.1) is 0 Å². The third-order valence-corrected chi connectivity index (χ3v) is 10.4. The molecule has 0 bridgehead atoms. The zero-order chi connectivity index (χ0) is 40.0. The molecule has 0 saturated heterocycles. The summed E-state index contributed by atoms with van der Waals surface area (Å²) in [7, 11) is 1.47. The van der Waals surface area contributed by atoms with Crippen LogP contribution in [0.5, 0.6) is 0 Å². The van der Waals surface area contributed by atoms with Crippen LogP contribution in [0.4, 0.5) is 0 Å². The lowest BCUT2D eigenvalue weighted by Crippen LogP contribution is -2.37. The fourth-order valence-corrected chi connectivity index (χ4v) is 6.67. The van der Waals surface area contributed by atoms with Crippen LogP contribution in [0.1, 0.15) is 194 Å². The lowest BCUT2D eigenvalue weighted by Gasteiger charge is -2.24. The van der Waals surface area contributed by atoms with Gasteiger partial charge in [-0.1, -0.05) is 147 Å². The van der Waals surface area contributed by atoms with Crippen LogP contribution in [0, 0.1) is 0 Å². The second-order valence-corrected chi connectivity index (χ2v) is 17.5. The Bertz CT molecular complexity index is 980. The van der Waals surface area contributed by atoms with E-state index in [0.29, 0.717) is 17.4 Å². The van der Waals surface area contributed by atoms with Gasteiger partial charge in [0.05, 0.1) is 27.7 Å². The molecule has 1 unspecified atom stereocenters. The Kier molecular flexibility index (Phi) is 36.1. The largest absolute Gasteiger partial charge is 0.472 e. The monoisotopic (exact) mass is 787 g/mol. The maximum Gasteiger partial charge on any atom is 0.472 e. The number of likely N-dealkylation sites (N-methyl/N-ethyl adjacent to an activating group) is 1. The summed E-state index contributed by atoms with van der Waals surface area (Å²) in [5.41, 5.74) is 0. The predicted molar refractivity (Wildman–Crippen MR) is 224 cm³/mol. The number of quaternary nitrogens is 1. The van der Waals surface area contributed by atoms with Crippen molar-refractivity contribution in [2.45, 2.75) is 200 Å². The molecule has 0 aliphatic heterocycles. The van der Waals surface area contributed by atoms with E-state index < -0.39 is 26.5 Å². The zero-order valence-corrected chi connectivity index (χ0v) is 36.6. The van der Waals surface area contributed by atoms with Gasteiger partial charge in [-0.3, -0.25) is 18.6 Å². The molecule has 0 aromatic rings. The highest BCUT2D eigenvalue weighted by molar-refractivity contribution is 7.47. The molecule has 0 radical (unpaired) electrons. The number of carbonyl (C=O) groups excluding carboxylic acids is 2. The van der Waals surface area contributed by atoms with Crippen LogP contribution in [0.25, 0.3) is 0 Å². The van der Waals surface area contributed by atoms with Crippen LogP contribution in [-0.2, 0) is 32.7 Å². The number of allylic oxidation sites excluding steroid dienone is 4. The van der Waals surface area contributed by atoms with E-state index in [9.17, 15) is 19.0 Å². The van der Waals surface area contributed by atoms with Crippen LogP contribution < -0.4 is 0 Å². The lowest BCUT2D eigenvalue weighted by molar-refractivity contribution is -0.870. The Morgan fingerprint density at radius 3 is 1.43 bits per heavy atom. The molecular formula is C44H85NO8P+. The normalized spacial score (nSPS) is 13.8. The number of rotatable bonds is 40. The minimum Gasteiger partial charge on any atom is -0.462 e. The van der Waals surface area contributed by atoms with E-state index >= 15 is 0 Å². The molecule has 0 aromatic heterocycles. The smallest absolute Gasteiger partial charge is 0.462 e. The first-order valence-corrected chi connectivity index (χ1v) is 23.6. The number of nitrogens with zero attached hydrogens (tertiary/aromatic N) is 1. The second kappa shape index (κ2) is 37.1. The minimum atomic E-state index is -4.37. The molecule has 2 atom stereocenters. The number of hydrogen-bond acceptors (Lipinski definition) is 7. The van der Waals surface area contributed by atoms with E-state index in [1.54, 1.807) is 0 Å². The van der Waals surface area contributed by atoms with E-state index in [1.165, 1.54) is 109 Å². The Labute approximate surface area is 332 Å². The van der Waals surface area contributed by atoms with E-state index in [2.05, 4.69) is 38.2 Å². The van der Waals surface area contributed by atoms with Crippen LogP contribution in [0.15, 0.2) is 24.3 Å². The third-order valence-electron chi connectivity index (χ3n) is 9.45. The van der Waals surface area contributed by atoms with Gasteiger partial charge in [-0.2, -0.15) is 0 Å². The molecule has 1 N–H and O–H groups in total. The Hall–Kier alpha value is -1.51. The van der Waals surface area contributed by atoms with Crippen molar-refractivity contribution in [3.8, 4) is 0 Å². The van der Waals surface area contributed by atoms with Crippen molar-refractivity contribution >= 4 is 19.8 Å². The van der Waals surface area contributed by atoms with Gasteiger partial charge in [-0.25, -0.2) is 4.57 Å². The van der Waals surface area contributed by atoms with Crippen molar-refractivity contribution in [2.75, 3.05) is 47.5 Å². The van der Waals surface area contributed by atoms with Crippen molar-refractivity contribution in [3.63, 3.8) is 0 Å². The molecule has 0 aliphatic rings. The first-order valence-electron chi connectivity index (χ1n) is 22.1. The number of carbonyl (C=O) groups is 2. The molecule has 0 fully saturated rings. The quantitative estimate of drug-likeness (QED) is 0.0215. The maximum absolute atomic E-state index is 12.7. The molecular weight excluding hydrogens is 701 g/mol. The summed E-state index contributed by atoms with van der Waals surface area (Å²) in [6.07, 6.45) is 39.3. The van der Waals surface area contributed by atoms with E-state index in [0.717, 1.165) is 51.4 Å². The number of phosphoric acid groups is 1. The van der Waals surface area contributed by atoms with Gasteiger partial charge < -0.3 is 18.9 Å². The minimum absolute atomic E-state index is 0.0310. The molecule has 0 aliphatic carbocycles. The number of ether oxygens (including phenoxy) is 2. The summed E-state index contributed by atoms with van der Waals surface area (Å²) in [6, 6.07) is 0. The molecule has 318 valence electrons. The second-order valence-electron chi connectivity index (χ2n) is 16.1. The standard InChI is InChI=1S/C44H84NO8P/c1-6-8-10-12-14-16-18-20-22-24-26-28-30-32-34-36-43(46)50-40-42(41-52-54(48,49)51-39-38-45(3,4)5)53-44(47)37-35-33-31-29-27-25-23-21-19-17-15-13-11-9-7-2/h12,14,21,23,42H,6-11,13,15-20,22,24-41H2,1-5H3/p+1/b14-12+,23-21+/t42-/m1/s1. The topological polar surface area (TPSA) is 108 Å². The summed E-state index contributed by atoms with van der Waals surface area (Å²) < 4.78 is 34.3. The number of hydrogen-bond donors (Lipinski definition) is 1. The fraction of sp³-hybridized carbons (Fsp3) is 0.864. The van der Waals surface area contributed by atoms with Crippen LogP contribution in [0.3, 0.4) is 0 Å². The molecule has 0 aromatic carbocycles. The Morgan fingerprint density at radius 2 is 0.963 bits per heavy atom. The summed E-state index contributed by atoms with van der Waals surface area (Å²) in [6.45, 7) is 4.38. The van der Waals surface area contributed by atoms with Gasteiger partial charge >= 0.3 is 19.8 Å². The molecule has 0 heterocycles. The highest BCUT2D eigenvalue weighted by Crippen LogP contribution is 2.43. The first-order chi connectivity index (χ1) is 26.0. The highest BCUT2D eigenvalue weighted by atomic mass is 31.2. The summed E-state index contributed by atoms with van der Waals surface area (Å²) >= 11 is 0. The van der Waals surface area contributed by atoms with Gasteiger partial charge in [0.15, 0.2) is 6.10 Å². The maximum atomic E-state index is 12.7. The van der Waals surface area contributed by atoms with Gasteiger partial charge in [0.25, 0.3) is 0 Å². The molecule has 9 nitrogen and oxygen atoms in total. The molecule has 54 heavy (non-hydrogen) atoms. The zero-order valence-electron chi connectivity index (χ0n) is 35.7. The van der Waals surface area contributed by atoms with Crippen molar-refractivity contribution < 1.29 is 42.1 Å². The SMILES string of the molecule is CCCC/C=C/CCCCCCCCCCCC(=O)OC[C@H](COP(=O)(O)OCC[N+](C)(C)C)OC(=O)CCCCCCC/C=C/CCCCCCCC. The predicted octanol–water partition coefficient (Wildman–Crippen LogP) is 12.4.